The highest BCUT2D eigenvalue weighted by molar-refractivity contribution is 5.80. The summed E-state index contributed by atoms with van der Waals surface area (Å²) in [6.45, 7) is 3.51. The second-order valence-corrected chi connectivity index (χ2v) is 5.94. The lowest BCUT2D eigenvalue weighted by molar-refractivity contribution is -0.139. The molecule has 2 aromatic carbocycles. The van der Waals surface area contributed by atoms with Crippen molar-refractivity contribution >= 4 is 11.7 Å². The minimum atomic E-state index is -4.51. The molecule has 7 heteroatoms. The normalized spacial score (nSPS) is 11.1. The number of halogens is 3. The molecule has 1 amide bonds. The third-order valence-electron chi connectivity index (χ3n) is 3.97. The van der Waals surface area contributed by atoms with Crippen LogP contribution in [-0.4, -0.2) is 36.1 Å². The van der Waals surface area contributed by atoms with Crippen molar-refractivity contribution in [3.05, 3.63) is 71.8 Å². The first-order chi connectivity index (χ1) is 12.7. The van der Waals surface area contributed by atoms with Gasteiger partial charge in [-0.05, 0) is 17.7 Å². The second kappa shape index (κ2) is 8.62. The van der Waals surface area contributed by atoms with Crippen LogP contribution >= 0.6 is 0 Å². The van der Waals surface area contributed by atoms with Crippen LogP contribution in [0.2, 0.25) is 0 Å². The summed E-state index contributed by atoms with van der Waals surface area (Å²) >= 11 is 0. The molecule has 0 unspecified atom stereocenters. The van der Waals surface area contributed by atoms with Crippen LogP contribution < -0.4 is 4.74 Å². The first-order valence-corrected chi connectivity index (χ1v) is 8.19. The standard InChI is InChI=1S/C20H20F3NO3/c1-14(25)16-8-4-3-7-15(16)13-19(26)24(2)11-12-27-18-10-6-5-9-17(18)20(21,22)23/h3-10,25H,1,11-13H2,2H3. The number of para-hydroxylation sites is 1. The fraction of sp³-hybridized carbons (Fsp3) is 0.250. The number of nitrogens with zero attached hydrogens (tertiary/aromatic N) is 1. The molecular formula is C20H20F3NO3. The van der Waals surface area contributed by atoms with Gasteiger partial charge in [0.05, 0.1) is 18.5 Å². The molecule has 0 bridgehead atoms. The van der Waals surface area contributed by atoms with Crippen molar-refractivity contribution in [3.8, 4) is 5.75 Å². The summed E-state index contributed by atoms with van der Waals surface area (Å²) in [4.78, 5) is 13.7. The Bertz CT molecular complexity index is 818. The molecule has 2 aromatic rings. The van der Waals surface area contributed by atoms with Crippen LogP contribution in [0.15, 0.2) is 55.1 Å². The zero-order chi connectivity index (χ0) is 20.0. The van der Waals surface area contributed by atoms with Crippen molar-refractivity contribution in [2.24, 2.45) is 0 Å². The Kier molecular flexibility index (Phi) is 6.50. The van der Waals surface area contributed by atoms with Gasteiger partial charge in [-0.25, -0.2) is 0 Å². The lowest BCUT2D eigenvalue weighted by atomic mass is 10.0. The number of aliphatic hydroxyl groups is 1. The van der Waals surface area contributed by atoms with Gasteiger partial charge in [-0.15, -0.1) is 0 Å². The maximum absolute atomic E-state index is 12.9. The first-order valence-electron chi connectivity index (χ1n) is 8.19. The lowest BCUT2D eigenvalue weighted by Crippen LogP contribution is -2.32. The zero-order valence-corrected chi connectivity index (χ0v) is 14.8. The van der Waals surface area contributed by atoms with Crippen LogP contribution in [0.1, 0.15) is 16.7 Å². The van der Waals surface area contributed by atoms with Crippen molar-refractivity contribution in [3.63, 3.8) is 0 Å². The number of benzene rings is 2. The fourth-order valence-electron chi connectivity index (χ4n) is 2.50. The van der Waals surface area contributed by atoms with Gasteiger partial charge in [-0.2, -0.15) is 13.2 Å². The van der Waals surface area contributed by atoms with Gasteiger partial charge < -0.3 is 14.7 Å². The van der Waals surface area contributed by atoms with Gasteiger partial charge in [0.1, 0.15) is 18.1 Å². The molecule has 1 N–H and O–H groups in total. The van der Waals surface area contributed by atoms with Gasteiger partial charge in [0.15, 0.2) is 0 Å². The van der Waals surface area contributed by atoms with Gasteiger partial charge in [0.2, 0.25) is 5.91 Å². The smallest absolute Gasteiger partial charge is 0.419 e. The number of aliphatic hydroxyl groups excluding tert-OH is 1. The molecule has 0 aliphatic heterocycles. The Morgan fingerprint density at radius 2 is 1.78 bits per heavy atom. The van der Waals surface area contributed by atoms with E-state index in [2.05, 4.69) is 6.58 Å². The van der Waals surface area contributed by atoms with E-state index in [1.807, 2.05) is 0 Å². The molecule has 0 aliphatic carbocycles. The minimum absolute atomic E-state index is 0.0331. The summed E-state index contributed by atoms with van der Waals surface area (Å²) < 4.78 is 44.0. The fourth-order valence-corrected chi connectivity index (χ4v) is 2.50. The van der Waals surface area contributed by atoms with Crippen LogP contribution in [0.3, 0.4) is 0 Å². The Balaban J connectivity index is 1.94. The Morgan fingerprint density at radius 1 is 1.15 bits per heavy atom. The minimum Gasteiger partial charge on any atom is -0.508 e. The molecule has 0 saturated carbocycles. The second-order valence-electron chi connectivity index (χ2n) is 5.94. The van der Waals surface area contributed by atoms with E-state index in [0.717, 1.165) is 6.07 Å². The topological polar surface area (TPSA) is 49.8 Å². The maximum atomic E-state index is 12.9. The highest BCUT2D eigenvalue weighted by Crippen LogP contribution is 2.35. The molecule has 0 fully saturated rings. The zero-order valence-electron chi connectivity index (χ0n) is 14.8. The Hall–Kier alpha value is -2.96. The molecule has 4 nitrogen and oxygen atoms in total. The summed E-state index contributed by atoms with van der Waals surface area (Å²) in [6.07, 6.45) is -4.47. The molecular weight excluding hydrogens is 359 g/mol. The van der Waals surface area contributed by atoms with Gasteiger partial charge >= 0.3 is 6.18 Å². The summed E-state index contributed by atoms with van der Waals surface area (Å²) in [6, 6.07) is 11.8. The van der Waals surface area contributed by atoms with Crippen molar-refractivity contribution in [2.45, 2.75) is 12.6 Å². The van der Waals surface area contributed by atoms with Crippen LogP contribution in [0, 0.1) is 0 Å². The van der Waals surface area contributed by atoms with E-state index in [1.165, 1.54) is 30.1 Å². The van der Waals surface area contributed by atoms with Crippen molar-refractivity contribution in [1.29, 1.82) is 0 Å². The van der Waals surface area contributed by atoms with E-state index in [4.69, 9.17) is 4.74 Å². The molecule has 2 rings (SSSR count). The van der Waals surface area contributed by atoms with Crippen molar-refractivity contribution < 1.29 is 27.8 Å². The molecule has 0 heterocycles. The van der Waals surface area contributed by atoms with E-state index < -0.39 is 11.7 Å². The highest BCUT2D eigenvalue weighted by atomic mass is 19.4. The van der Waals surface area contributed by atoms with Crippen molar-refractivity contribution in [2.75, 3.05) is 20.2 Å². The predicted octanol–water partition coefficient (Wildman–Crippen LogP) is 4.31. The highest BCUT2D eigenvalue weighted by Gasteiger charge is 2.34. The number of likely N-dealkylation sites (N-methyl/N-ethyl adjacent to an activating group) is 1. The van der Waals surface area contributed by atoms with Crippen LogP contribution in [-0.2, 0) is 17.4 Å². The number of rotatable bonds is 7. The third kappa shape index (κ3) is 5.51. The van der Waals surface area contributed by atoms with Crippen molar-refractivity contribution in [1.82, 2.24) is 4.90 Å². The van der Waals surface area contributed by atoms with Gasteiger partial charge in [-0.1, -0.05) is 43.0 Å². The monoisotopic (exact) mass is 379 g/mol. The van der Waals surface area contributed by atoms with E-state index >= 15 is 0 Å². The molecule has 0 spiro atoms. The quantitative estimate of drug-likeness (QED) is 0.729. The van der Waals surface area contributed by atoms with Crippen LogP contribution in [0.25, 0.3) is 5.76 Å². The van der Waals surface area contributed by atoms with Crippen LogP contribution in [0.5, 0.6) is 5.75 Å². The Labute approximate surface area is 155 Å². The number of hydrogen-bond acceptors (Lipinski definition) is 3. The number of carbonyl (C=O) groups excluding carboxylic acids is 1. The average molecular weight is 379 g/mol. The molecule has 0 atom stereocenters. The summed E-state index contributed by atoms with van der Waals surface area (Å²) in [5.41, 5.74) is 0.245. The average Bonchev–Trinajstić information content (AvgIpc) is 2.61. The molecule has 0 aromatic heterocycles. The number of alkyl halides is 3. The number of amides is 1. The van der Waals surface area contributed by atoms with Gasteiger partial charge in [0, 0.05) is 12.6 Å². The predicted molar refractivity (Wildman–Crippen MR) is 96.4 cm³/mol. The van der Waals surface area contributed by atoms with E-state index in [0.29, 0.717) is 11.1 Å². The third-order valence-corrected chi connectivity index (χ3v) is 3.97. The maximum Gasteiger partial charge on any atom is 0.419 e. The van der Waals surface area contributed by atoms with E-state index in [9.17, 15) is 23.1 Å². The molecule has 0 radical (unpaired) electrons. The van der Waals surface area contributed by atoms with E-state index in [-0.39, 0.29) is 37.0 Å². The van der Waals surface area contributed by atoms with Gasteiger partial charge in [0.25, 0.3) is 0 Å². The number of hydrogen-bond donors (Lipinski definition) is 1. The van der Waals surface area contributed by atoms with E-state index in [1.54, 1.807) is 24.3 Å². The SMILES string of the molecule is C=C(O)c1ccccc1CC(=O)N(C)CCOc1ccccc1C(F)(F)F. The molecule has 0 saturated heterocycles. The molecule has 144 valence electrons. The first kappa shape index (κ1) is 20.4. The van der Waals surface area contributed by atoms with Gasteiger partial charge in [-0.3, -0.25) is 4.79 Å². The Morgan fingerprint density at radius 3 is 2.44 bits per heavy atom. The number of carbonyl (C=O) groups is 1. The van der Waals surface area contributed by atoms with Crippen LogP contribution in [0.4, 0.5) is 13.2 Å². The summed E-state index contributed by atoms with van der Waals surface area (Å²) in [7, 11) is 1.54. The largest absolute Gasteiger partial charge is 0.508 e. The number of ether oxygens (including phenoxy) is 1. The molecule has 27 heavy (non-hydrogen) atoms. The molecule has 0 aliphatic rings. The summed E-state index contributed by atoms with van der Waals surface area (Å²) in [5, 5.41) is 9.58. The lowest BCUT2D eigenvalue weighted by Gasteiger charge is -2.19. The summed E-state index contributed by atoms with van der Waals surface area (Å²) in [5.74, 6) is -0.655.